The van der Waals surface area contributed by atoms with Crippen LogP contribution in [0.5, 0.6) is 5.75 Å². The molecule has 0 radical (unpaired) electrons. The van der Waals surface area contributed by atoms with Crippen LogP contribution in [0.1, 0.15) is 9.67 Å². The minimum absolute atomic E-state index is 0.0848. The fourth-order valence-electron chi connectivity index (χ4n) is 0.520. The van der Waals surface area contributed by atoms with Crippen molar-refractivity contribution in [1.29, 1.82) is 0 Å². The van der Waals surface area contributed by atoms with Gasteiger partial charge in [-0.2, -0.15) is 0 Å². The highest BCUT2D eigenvalue weighted by Crippen LogP contribution is 2.41. The van der Waals surface area contributed by atoms with Gasteiger partial charge >= 0.3 is 5.97 Å². The van der Waals surface area contributed by atoms with E-state index in [-0.39, 0.29) is 14.2 Å². The van der Waals surface area contributed by atoms with Crippen LogP contribution in [0.2, 0.25) is 9.36 Å². The van der Waals surface area contributed by atoms with Gasteiger partial charge in [-0.15, -0.1) is 11.3 Å². The van der Waals surface area contributed by atoms with Crippen molar-refractivity contribution in [3.8, 4) is 5.75 Å². The molecule has 6 heteroatoms. The molecule has 0 amide bonds. The van der Waals surface area contributed by atoms with E-state index in [2.05, 4.69) is 0 Å². The monoisotopic (exact) mass is 212 g/mol. The van der Waals surface area contributed by atoms with Gasteiger partial charge < -0.3 is 10.2 Å². The summed E-state index contributed by atoms with van der Waals surface area (Å²) in [6, 6.07) is 0. The van der Waals surface area contributed by atoms with E-state index in [0.717, 1.165) is 11.3 Å². The molecule has 0 spiro atoms. The summed E-state index contributed by atoms with van der Waals surface area (Å²) < 4.78 is 0.0848. The first-order valence-corrected chi connectivity index (χ1v) is 4.01. The van der Waals surface area contributed by atoms with Gasteiger partial charge in [0.2, 0.25) is 0 Å². The molecule has 1 heterocycles. The number of rotatable bonds is 1. The molecule has 60 valence electrons. The standard InChI is InChI=1S/C5H2Cl2O3S/c6-1-2(8)3(5(9)10)11-4(1)7/h8H,(H,9,10). The molecule has 0 aromatic carbocycles. The molecule has 0 saturated carbocycles. The van der Waals surface area contributed by atoms with Crippen LogP contribution in [0.4, 0.5) is 0 Å². The Morgan fingerprint density at radius 2 is 2.00 bits per heavy atom. The molecule has 1 aromatic heterocycles. The summed E-state index contributed by atoms with van der Waals surface area (Å²) in [6.45, 7) is 0. The number of aromatic hydroxyl groups is 1. The van der Waals surface area contributed by atoms with Crippen molar-refractivity contribution in [2.24, 2.45) is 0 Å². The van der Waals surface area contributed by atoms with Crippen LogP contribution in [0.3, 0.4) is 0 Å². The first kappa shape index (κ1) is 8.64. The number of hydrogen-bond donors (Lipinski definition) is 2. The predicted octanol–water partition coefficient (Wildman–Crippen LogP) is 2.46. The molecule has 3 nitrogen and oxygen atoms in total. The second kappa shape index (κ2) is 2.89. The van der Waals surface area contributed by atoms with Gasteiger partial charge in [0.25, 0.3) is 0 Å². The van der Waals surface area contributed by atoms with Gasteiger partial charge in [0.05, 0.1) is 0 Å². The molecule has 2 N–H and O–H groups in total. The lowest BCUT2D eigenvalue weighted by Gasteiger charge is -1.87. The van der Waals surface area contributed by atoms with E-state index in [1.165, 1.54) is 0 Å². The van der Waals surface area contributed by atoms with E-state index in [4.69, 9.17) is 33.4 Å². The average molecular weight is 213 g/mol. The SMILES string of the molecule is O=C(O)c1sc(Cl)c(Cl)c1O. The molecule has 0 aliphatic carbocycles. The normalized spacial score (nSPS) is 10.0. The van der Waals surface area contributed by atoms with Crippen molar-refractivity contribution in [1.82, 2.24) is 0 Å². The lowest BCUT2D eigenvalue weighted by atomic mass is 10.4. The third-order valence-corrected chi connectivity index (χ3v) is 2.93. The van der Waals surface area contributed by atoms with Crippen molar-refractivity contribution in [3.63, 3.8) is 0 Å². The van der Waals surface area contributed by atoms with Crippen LogP contribution in [0, 0.1) is 0 Å². The van der Waals surface area contributed by atoms with Crippen LogP contribution in [0.25, 0.3) is 0 Å². The Kier molecular flexibility index (Phi) is 2.27. The quantitative estimate of drug-likeness (QED) is 0.753. The van der Waals surface area contributed by atoms with Crippen LogP contribution in [-0.4, -0.2) is 16.2 Å². The molecule has 0 aliphatic heterocycles. The third-order valence-electron chi connectivity index (χ3n) is 0.981. The Morgan fingerprint density at radius 1 is 1.45 bits per heavy atom. The molecule has 1 aromatic rings. The number of carbonyl (C=O) groups is 1. The summed E-state index contributed by atoms with van der Waals surface area (Å²) in [6.07, 6.45) is 0. The predicted molar refractivity (Wildman–Crippen MR) is 43.0 cm³/mol. The third kappa shape index (κ3) is 1.42. The fraction of sp³-hybridized carbons (Fsp3) is 0. The topological polar surface area (TPSA) is 57.5 Å². The largest absolute Gasteiger partial charge is 0.505 e. The highest BCUT2D eigenvalue weighted by molar-refractivity contribution is 7.19. The Hall–Kier alpha value is -0.450. The van der Waals surface area contributed by atoms with Gasteiger partial charge in [-0.25, -0.2) is 4.79 Å². The van der Waals surface area contributed by atoms with Crippen molar-refractivity contribution in [2.75, 3.05) is 0 Å². The summed E-state index contributed by atoms with van der Waals surface area (Å²) in [4.78, 5) is 10.1. The van der Waals surface area contributed by atoms with Gasteiger partial charge in [-0.3, -0.25) is 0 Å². The first-order chi connectivity index (χ1) is 5.04. The first-order valence-electron chi connectivity index (χ1n) is 2.44. The Bertz CT molecular complexity index is 307. The van der Waals surface area contributed by atoms with Gasteiger partial charge in [0.15, 0.2) is 10.6 Å². The second-order valence-corrected chi connectivity index (χ2v) is 3.67. The number of halogens is 2. The summed E-state index contributed by atoms with van der Waals surface area (Å²) in [7, 11) is 0. The maximum Gasteiger partial charge on any atom is 0.349 e. The molecule has 0 bridgehead atoms. The summed E-state index contributed by atoms with van der Waals surface area (Å²) >= 11 is 11.6. The second-order valence-electron chi connectivity index (χ2n) is 1.67. The summed E-state index contributed by atoms with van der Waals surface area (Å²) in [5.41, 5.74) is 0. The number of carboxylic acid groups (broad SMARTS) is 1. The van der Waals surface area contributed by atoms with Gasteiger partial charge in [0, 0.05) is 0 Å². The van der Waals surface area contributed by atoms with Crippen LogP contribution in [0.15, 0.2) is 0 Å². The zero-order valence-electron chi connectivity index (χ0n) is 4.97. The molecular formula is C5H2Cl2O3S. The van der Waals surface area contributed by atoms with E-state index < -0.39 is 11.7 Å². The van der Waals surface area contributed by atoms with E-state index >= 15 is 0 Å². The van der Waals surface area contributed by atoms with E-state index in [1.54, 1.807) is 0 Å². The zero-order chi connectivity index (χ0) is 8.59. The molecule has 1 rings (SSSR count). The zero-order valence-corrected chi connectivity index (χ0v) is 7.30. The Morgan fingerprint density at radius 3 is 2.18 bits per heavy atom. The molecule has 0 fully saturated rings. The number of thiophene rings is 1. The molecule has 0 unspecified atom stereocenters. The Labute approximate surface area is 75.8 Å². The van der Waals surface area contributed by atoms with Crippen molar-refractivity contribution >= 4 is 40.5 Å². The number of hydrogen-bond acceptors (Lipinski definition) is 3. The van der Waals surface area contributed by atoms with Crippen LogP contribution >= 0.6 is 34.5 Å². The van der Waals surface area contributed by atoms with Gasteiger partial charge in [-0.05, 0) is 0 Å². The lowest BCUT2D eigenvalue weighted by molar-refractivity contribution is 0.0699. The van der Waals surface area contributed by atoms with Crippen LogP contribution in [-0.2, 0) is 0 Å². The average Bonchev–Trinajstić information content (AvgIpc) is 2.17. The minimum Gasteiger partial charge on any atom is -0.505 e. The summed E-state index contributed by atoms with van der Waals surface area (Å²) in [5.74, 6) is -1.70. The van der Waals surface area contributed by atoms with Crippen molar-refractivity contribution in [3.05, 3.63) is 14.2 Å². The molecule has 11 heavy (non-hydrogen) atoms. The van der Waals surface area contributed by atoms with Gasteiger partial charge in [0.1, 0.15) is 9.36 Å². The number of aromatic carboxylic acids is 1. The molecule has 0 saturated heterocycles. The van der Waals surface area contributed by atoms with E-state index in [0.29, 0.717) is 0 Å². The molecular weight excluding hydrogens is 211 g/mol. The maximum absolute atomic E-state index is 10.3. The minimum atomic E-state index is -1.23. The smallest absolute Gasteiger partial charge is 0.349 e. The molecule has 0 atom stereocenters. The van der Waals surface area contributed by atoms with Crippen molar-refractivity contribution < 1.29 is 15.0 Å². The maximum atomic E-state index is 10.3. The number of carboxylic acids is 1. The Balaban J connectivity index is 3.29. The van der Waals surface area contributed by atoms with Gasteiger partial charge in [-0.1, -0.05) is 23.2 Å². The highest BCUT2D eigenvalue weighted by atomic mass is 35.5. The fourth-order valence-corrected chi connectivity index (χ4v) is 1.76. The van der Waals surface area contributed by atoms with Crippen LogP contribution < -0.4 is 0 Å². The van der Waals surface area contributed by atoms with E-state index in [9.17, 15) is 4.79 Å². The van der Waals surface area contributed by atoms with E-state index in [1.807, 2.05) is 0 Å². The lowest BCUT2D eigenvalue weighted by Crippen LogP contribution is -1.90. The highest BCUT2D eigenvalue weighted by Gasteiger charge is 2.19. The summed E-state index contributed by atoms with van der Waals surface area (Å²) in [5, 5.41) is 17.3. The molecule has 0 aliphatic rings. The van der Waals surface area contributed by atoms with Crippen molar-refractivity contribution in [2.45, 2.75) is 0 Å².